The fraction of sp³-hybridized carbons (Fsp3) is 0.474. The summed E-state index contributed by atoms with van der Waals surface area (Å²) in [6, 6.07) is 6.65. The summed E-state index contributed by atoms with van der Waals surface area (Å²) in [4.78, 5) is 48.3. The van der Waals surface area contributed by atoms with E-state index in [0.717, 1.165) is 5.56 Å². The first-order chi connectivity index (χ1) is 12.8. The lowest BCUT2D eigenvalue weighted by Gasteiger charge is -2.29. The van der Waals surface area contributed by atoms with Crippen molar-refractivity contribution in [2.24, 2.45) is 0 Å². The number of carbonyl (C=O) groups excluding carboxylic acids is 4. The lowest BCUT2D eigenvalue weighted by Crippen LogP contribution is -2.61. The van der Waals surface area contributed by atoms with Gasteiger partial charge < -0.3 is 14.8 Å². The van der Waals surface area contributed by atoms with E-state index in [0.29, 0.717) is 5.56 Å². The average molecular weight is 398 g/mol. The van der Waals surface area contributed by atoms with Crippen molar-refractivity contribution in [2.45, 2.75) is 39.2 Å². The molecule has 0 heterocycles. The highest BCUT2D eigenvalue weighted by Gasteiger charge is 2.49. The third kappa shape index (κ3) is 6.06. The Kier molecular flexibility index (Phi) is 8.94. The predicted molar refractivity (Wildman–Crippen MR) is 99.6 cm³/mol. The van der Waals surface area contributed by atoms with Crippen LogP contribution in [0.15, 0.2) is 24.3 Å². The van der Waals surface area contributed by atoms with Gasteiger partial charge in [-0.3, -0.25) is 9.59 Å². The minimum atomic E-state index is -1.93. The molecular formula is C19H24ClNO6. The molecule has 0 atom stereocenters. The first-order valence-electron chi connectivity index (χ1n) is 8.62. The van der Waals surface area contributed by atoms with Crippen LogP contribution in [0.3, 0.4) is 0 Å². The second kappa shape index (κ2) is 10.7. The van der Waals surface area contributed by atoms with Gasteiger partial charge in [0.05, 0.1) is 19.1 Å². The predicted octanol–water partition coefficient (Wildman–Crippen LogP) is 2.04. The summed E-state index contributed by atoms with van der Waals surface area (Å²) in [6.45, 7) is 4.52. The number of Topliss-reactive ketones (excluding diaryl/α,β-unsaturated/α-hetero) is 1. The SMILES string of the molecule is CCOC(=O)C(CCc1ccc(C(=O)CCl)cc1)(NC(C)=O)C(=O)OCC. The molecule has 1 aromatic carbocycles. The molecule has 0 fully saturated rings. The molecule has 0 aliphatic rings. The van der Waals surface area contributed by atoms with Crippen LogP contribution in [0, 0.1) is 0 Å². The molecule has 148 valence electrons. The van der Waals surface area contributed by atoms with Crippen molar-refractivity contribution in [1.29, 1.82) is 0 Å². The first-order valence-corrected chi connectivity index (χ1v) is 9.15. The fourth-order valence-corrected chi connectivity index (χ4v) is 2.68. The highest BCUT2D eigenvalue weighted by molar-refractivity contribution is 6.30. The molecule has 0 saturated heterocycles. The molecule has 27 heavy (non-hydrogen) atoms. The molecule has 0 radical (unpaired) electrons. The maximum atomic E-state index is 12.5. The van der Waals surface area contributed by atoms with Gasteiger partial charge in [-0.15, -0.1) is 11.6 Å². The molecule has 7 nitrogen and oxygen atoms in total. The van der Waals surface area contributed by atoms with E-state index in [-0.39, 0.29) is 37.7 Å². The number of amides is 1. The number of rotatable bonds is 10. The molecular weight excluding hydrogens is 374 g/mol. The normalized spacial score (nSPS) is 10.8. The third-order valence-electron chi connectivity index (χ3n) is 3.82. The number of halogens is 1. The molecule has 1 rings (SSSR count). The van der Waals surface area contributed by atoms with E-state index in [4.69, 9.17) is 21.1 Å². The second-order valence-corrected chi connectivity index (χ2v) is 6.05. The molecule has 0 saturated carbocycles. The van der Waals surface area contributed by atoms with Crippen molar-refractivity contribution in [3.63, 3.8) is 0 Å². The Morgan fingerprint density at radius 3 is 1.93 bits per heavy atom. The molecule has 1 N–H and O–H groups in total. The van der Waals surface area contributed by atoms with Crippen LogP contribution in [0.2, 0.25) is 0 Å². The van der Waals surface area contributed by atoms with Gasteiger partial charge in [-0.25, -0.2) is 9.59 Å². The number of ether oxygens (including phenoxy) is 2. The fourth-order valence-electron chi connectivity index (χ4n) is 2.53. The summed E-state index contributed by atoms with van der Waals surface area (Å²) < 4.78 is 10.0. The largest absolute Gasteiger partial charge is 0.464 e. The smallest absolute Gasteiger partial charge is 0.343 e. The van der Waals surface area contributed by atoms with Crippen molar-refractivity contribution in [3.05, 3.63) is 35.4 Å². The van der Waals surface area contributed by atoms with E-state index < -0.39 is 23.4 Å². The first kappa shape index (κ1) is 22.6. The Morgan fingerprint density at radius 2 is 1.52 bits per heavy atom. The summed E-state index contributed by atoms with van der Waals surface area (Å²) >= 11 is 5.53. The number of ketones is 1. The number of benzene rings is 1. The van der Waals surface area contributed by atoms with Crippen LogP contribution < -0.4 is 5.32 Å². The summed E-state index contributed by atoms with van der Waals surface area (Å²) in [5, 5.41) is 2.41. The lowest BCUT2D eigenvalue weighted by atomic mass is 9.90. The van der Waals surface area contributed by atoms with Crippen molar-refractivity contribution < 1.29 is 28.7 Å². The van der Waals surface area contributed by atoms with Crippen LogP contribution in [0.25, 0.3) is 0 Å². The Hall–Kier alpha value is -2.41. The standard InChI is InChI=1S/C19H24ClNO6/c1-4-26-17(24)19(21-13(3)22,18(25)27-5-2)11-10-14-6-8-15(9-7-14)16(23)12-20/h6-9H,4-5,10-12H2,1-3H3,(H,21,22). The molecule has 0 aliphatic carbocycles. The molecule has 1 aromatic rings. The monoisotopic (exact) mass is 397 g/mol. The molecule has 0 aliphatic heterocycles. The van der Waals surface area contributed by atoms with Crippen LogP contribution in [-0.4, -0.2) is 48.3 Å². The van der Waals surface area contributed by atoms with E-state index in [2.05, 4.69) is 5.32 Å². The minimum Gasteiger partial charge on any atom is -0.464 e. The molecule has 0 aromatic heterocycles. The van der Waals surface area contributed by atoms with Crippen LogP contribution in [0.4, 0.5) is 0 Å². The van der Waals surface area contributed by atoms with Gasteiger partial charge in [0.1, 0.15) is 0 Å². The van der Waals surface area contributed by atoms with E-state index in [1.807, 2.05) is 0 Å². The van der Waals surface area contributed by atoms with Gasteiger partial charge in [0, 0.05) is 12.5 Å². The molecule has 0 unspecified atom stereocenters. The van der Waals surface area contributed by atoms with Crippen LogP contribution in [0.5, 0.6) is 0 Å². The maximum Gasteiger partial charge on any atom is 0.343 e. The summed E-state index contributed by atoms with van der Waals surface area (Å²) in [6.07, 6.45) is 0.223. The highest BCUT2D eigenvalue weighted by atomic mass is 35.5. The number of hydrogen-bond donors (Lipinski definition) is 1. The number of aryl methyl sites for hydroxylation is 1. The van der Waals surface area contributed by atoms with Gasteiger partial charge in [-0.05, 0) is 32.3 Å². The van der Waals surface area contributed by atoms with Crippen LogP contribution in [-0.2, 0) is 30.3 Å². The van der Waals surface area contributed by atoms with Crippen LogP contribution >= 0.6 is 11.6 Å². The van der Waals surface area contributed by atoms with Gasteiger partial charge in [-0.2, -0.15) is 0 Å². The van der Waals surface area contributed by atoms with Crippen LogP contribution in [0.1, 0.15) is 43.1 Å². The quantitative estimate of drug-likeness (QED) is 0.281. The number of esters is 2. The van der Waals surface area contributed by atoms with E-state index in [9.17, 15) is 19.2 Å². The third-order valence-corrected chi connectivity index (χ3v) is 4.07. The minimum absolute atomic E-state index is 0.0486. The zero-order valence-electron chi connectivity index (χ0n) is 15.7. The molecule has 0 spiro atoms. The Balaban J connectivity index is 3.11. The van der Waals surface area contributed by atoms with E-state index in [1.165, 1.54) is 6.92 Å². The second-order valence-electron chi connectivity index (χ2n) is 5.78. The Labute approximate surface area is 163 Å². The number of carbonyl (C=O) groups is 4. The van der Waals surface area contributed by atoms with Crippen molar-refractivity contribution >= 4 is 35.2 Å². The van der Waals surface area contributed by atoms with Crippen molar-refractivity contribution in [3.8, 4) is 0 Å². The molecule has 0 bridgehead atoms. The van der Waals surface area contributed by atoms with Gasteiger partial charge in [-0.1, -0.05) is 24.3 Å². The maximum absolute atomic E-state index is 12.5. The van der Waals surface area contributed by atoms with Crippen molar-refractivity contribution in [1.82, 2.24) is 5.32 Å². The summed E-state index contributed by atoms with van der Waals surface area (Å²) in [5.74, 6) is -2.61. The van der Waals surface area contributed by atoms with Gasteiger partial charge in [0.25, 0.3) is 0 Å². The lowest BCUT2D eigenvalue weighted by molar-refractivity contribution is -0.168. The van der Waals surface area contributed by atoms with Gasteiger partial charge in [0.2, 0.25) is 11.4 Å². The Bertz CT molecular complexity index is 668. The van der Waals surface area contributed by atoms with Gasteiger partial charge >= 0.3 is 11.9 Å². The average Bonchev–Trinajstić information content (AvgIpc) is 2.64. The van der Waals surface area contributed by atoms with E-state index in [1.54, 1.807) is 38.1 Å². The van der Waals surface area contributed by atoms with Crippen molar-refractivity contribution in [2.75, 3.05) is 19.1 Å². The number of alkyl halides is 1. The highest BCUT2D eigenvalue weighted by Crippen LogP contribution is 2.20. The molecule has 1 amide bonds. The number of hydrogen-bond acceptors (Lipinski definition) is 6. The zero-order valence-corrected chi connectivity index (χ0v) is 16.4. The van der Waals surface area contributed by atoms with Gasteiger partial charge in [0.15, 0.2) is 5.78 Å². The van der Waals surface area contributed by atoms with E-state index >= 15 is 0 Å². The zero-order chi connectivity index (χ0) is 20.4. The summed E-state index contributed by atoms with van der Waals surface area (Å²) in [5.41, 5.74) is -0.690. The Morgan fingerprint density at radius 1 is 1.00 bits per heavy atom. The summed E-state index contributed by atoms with van der Waals surface area (Å²) in [7, 11) is 0. The number of nitrogens with one attached hydrogen (secondary N) is 1. The molecule has 8 heteroatoms. The topological polar surface area (TPSA) is 98.8 Å².